The van der Waals surface area contributed by atoms with E-state index in [1.165, 1.54) is 11.1 Å². The van der Waals surface area contributed by atoms with Crippen LogP contribution in [0.4, 0.5) is 0 Å². The second-order valence-electron chi connectivity index (χ2n) is 5.29. The van der Waals surface area contributed by atoms with Gasteiger partial charge in [0, 0.05) is 25.6 Å². The van der Waals surface area contributed by atoms with Crippen molar-refractivity contribution in [1.82, 2.24) is 10.6 Å². The van der Waals surface area contributed by atoms with Crippen molar-refractivity contribution in [3.05, 3.63) is 35.4 Å². The van der Waals surface area contributed by atoms with Crippen molar-refractivity contribution in [1.29, 1.82) is 0 Å². The maximum absolute atomic E-state index is 11.7. The van der Waals surface area contributed by atoms with Gasteiger partial charge in [0.2, 0.25) is 5.91 Å². The number of carbonyl (C=O) groups excluding carboxylic acids is 1. The lowest BCUT2D eigenvalue weighted by atomic mass is 9.87. The van der Waals surface area contributed by atoms with E-state index in [4.69, 9.17) is 0 Å². The maximum Gasteiger partial charge on any atom is 0.220 e. The molecule has 1 amide bonds. The van der Waals surface area contributed by atoms with Gasteiger partial charge in [-0.25, -0.2) is 0 Å². The second kappa shape index (κ2) is 6.01. The van der Waals surface area contributed by atoms with E-state index in [0.29, 0.717) is 12.3 Å². The summed E-state index contributed by atoms with van der Waals surface area (Å²) in [4.78, 5) is 11.7. The van der Waals surface area contributed by atoms with Crippen LogP contribution in [0.3, 0.4) is 0 Å². The van der Waals surface area contributed by atoms with E-state index in [-0.39, 0.29) is 11.9 Å². The second-order valence-corrected chi connectivity index (χ2v) is 5.29. The normalized spacial score (nSPS) is 18.5. The van der Waals surface area contributed by atoms with Gasteiger partial charge in [-0.1, -0.05) is 24.3 Å². The van der Waals surface area contributed by atoms with Gasteiger partial charge in [-0.2, -0.15) is 0 Å². The molecule has 1 aliphatic rings. The third kappa shape index (κ3) is 3.33. The number of amides is 1. The van der Waals surface area contributed by atoms with Crippen molar-refractivity contribution < 1.29 is 4.79 Å². The summed E-state index contributed by atoms with van der Waals surface area (Å²) < 4.78 is 0. The van der Waals surface area contributed by atoms with Gasteiger partial charge in [-0.15, -0.1) is 0 Å². The summed E-state index contributed by atoms with van der Waals surface area (Å²) in [5, 5.41) is 6.37. The summed E-state index contributed by atoms with van der Waals surface area (Å²) in [6.07, 6.45) is 1.53. The fourth-order valence-electron chi connectivity index (χ4n) is 2.54. The number of hydrogen-bond donors (Lipinski definition) is 2. The monoisotopic (exact) mass is 246 g/mol. The Bertz CT molecular complexity index is 415. The Morgan fingerprint density at radius 3 is 3.00 bits per heavy atom. The summed E-state index contributed by atoms with van der Waals surface area (Å²) in [5.74, 6) is 0.626. The van der Waals surface area contributed by atoms with Crippen LogP contribution in [0.1, 0.15) is 43.7 Å². The summed E-state index contributed by atoms with van der Waals surface area (Å²) >= 11 is 0. The van der Waals surface area contributed by atoms with E-state index in [1.54, 1.807) is 0 Å². The lowest BCUT2D eigenvalue weighted by Gasteiger charge is -2.26. The third-order valence-electron chi connectivity index (χ3n) is 3.37. The molecule has 0 aliphatic carbocycles. The van der Waals surface area contributed by atoms with Crippen LogP contribution in [0.5, 0.6) is 0 Å². The van der Waals surface area contributed by atoms with E-state index >= 15 is 0 Å². The van der Waals surface area contributed by atoms with Crippen LogP contribution in [0, 0.1) is 0 Å². The molecule has 0 radical (unpaired) electrons. The van der Waals surface area contributed by atoms with Gasteiger partial charge in [-0.05, 0) is 37.3 Å². The SMILES string of the molecule is CC(C)NC(=O)CCC1CNCc2ccccc21. The summed E-state index contributed by atoms with van der Waals surface area (Å²) in [6, 6.07) is 8.76. The predicted octanol–water partition coefficient (Wildman–Crippen LogP) is 2.18. The molecule has 1 aromatic rings. The van der Waals surface area contributed by atoms with Crippen LogP contribution in [0.25, 0.3) is 0 Å². The zero-order valence-electron chi connectivity index (χ0n) is 11.2. The number of nitrogens with one attached hydrogen (secondary N) is 2. The first-order valence-electron chi connectivity index (χ1n) is 6.74. The van der Waals surface area contributed by atoms with E-state index in [2.05, 4.69) is 34.9 Å². The minimum absolute atomic E-state index is 0.160. The van der Waals surface area contributed by atoms with Gasteiger partial charge in [-0.3, -0.25) is 4.79 Å². The molecular formula is C15H22N2O. The molecule has 1 atom stereocenters. The van der Waals surface area contributed by atoms with Crippen LogP contribution < -0.4 is 10.6 Å². The van der Waals surface area contributed by atoms with Gasteiger partial charge in [0.05, 0.1) is 0 Å². The lowest BCUT2D eigenvalue weighted by molar-refractivity contribution is -0.121. The fraction of sp³-hybridized carbons (Fsp3) is 0.533. The minimum Gasteiger partial charge on any atom is -0.354 e. The molecule has 0 saturated carbocycles. The van der Waals surface area contributed by atoms with Crippen molar-refractivity contribution in [2.45, 2.75) is 45.2 Å². The topological polar surface area (TPSA) is 41.1 Å². The molecule has 0 fully saturated rings. The summed E-state index contributed by atoms with van der Waals surface area (Å²) in [5.41, 5.74) is 2.78. The van der Waals surface area contributed by atoms with Crippen LogP contribution >= 0.6 is 0 Å². The average Bonchev–Trinajstić information content (AvgIpc) is 2.35. The van der Waals surface area contributed by atoms with Crippen LogP contribution in [0.15, 0.2) is 24.3 Å². The molecule has 18 heavy (non-hydrogen) atoms. The Morgan fingerprint density at radius 2 is 2.22 bits per heavy atom. The number of rotatable bonds is 4. The predicted molar refractivity (Wildman–Crippen MR) is 73.4 cm³/mol. The average molecular weight is 246 g/mol. The molecule has 0 saturated heterocycles. The Balaban J connectivity index is 1.93. The van der Waals surface area contributed by atoms with E-state index in [0.717, 1.165) is 19.5 Å². The van der Waals surface area contributed by atoms with Crippen LogP contribution in [-0.2, 0) is 11.3 Å². The first kappa shape index (κ1) is 13.1. The van der Waals surface area contributed by atoms with Gasteiger partial charge < -0.3 is 10.6 Å². The molecular weight excluding hydrogens is 224 g/mol. The minimum atomic E-state index is 0.160. The Labute approximate surface area is 109 Å². The van der Waals surface area contributed by atoms with Crippen LogP contribution in [-0.4, -0.2) is 18.5 Å². The molecule has 1 aromatic carbocycles. The smallest absolute Gasteiger partial charge is 0.220 e. The Morgan fingerprint density at radius 1 is 1.44 bits per heavy atom. The Hall–Kier alpha value is -1.35. The molecule has 0 spiro atoms. The van der Waals surface area contributed by atoms with E-state index in [1.807, 2.05) is 13.8 Å². The highest BCUT2D eigenvalue weighted by atomic mass is 16.1. The van der Waals surface area contributed by atoms with Crippen molar-refractivity contribution in [3.8, 4) is 0 Å². The maximum atomic E-state index is 11.7. The molecule has 0 bridgehead atoms. The van der Waals surface area contributed by atoms with Gasteiger partial charge in [0.1, 0.15) is 0 Å². The standard InChI is InChI=1S/C15H22N2O/c1-11(2)17-15(18)8-7-13-10-16-9-12-5-3-4-6-14(12)13/h3-6,11,13,16H,7-10H2,1-2H3,(H,17,18). The number of fused-ring (bicyclic) bond motifs is 1. The van der Waals surface area contributed by atoms with Crippen molar-refractivity contribution >= 4 is 5.91 Å². The van der Waals surface area contributed by atoms with E-state index in [9.17, 15) is 4.79 Å². The molecule has 1 unspecified atom stereocenters. The van der Waals surface area contributed by atoms with Gasteiger partial charge >= 0.3 is 0 Å². The van der Waals surface area contributed by atoms with Crippen molar-refractivity contribution in [2.24, 2.45) is 0 Å². The third-order valence-corrected chi connectivity index (χ3v) is 3.37. The lowest BCUT2D eigenvalue weighted by Crippen LogP contribution is -2.32. The molecule has 2 N–H and O–H groups in total. The van der Waals surface area contributed by atoms with Gasteiger partial charge in [0.15, 0.2) is 0 Å². The quantitative estimate of drug-likeness (QED) is 0.855. The largest absolute Gasteiger partial charge is 0.354 e. The summed E-state index contributed by atoms with van der Waals surface area (Å²) in [6.45, 7) is 5.92. The molecule has 3 heteroatoms. The number of hydrogen-bond acceptors (Lipinski definition) is 2. The molecule has 3 nitrogen and oxygen atoms in total. The highest BCUT2D eigenvalue weighted by molar-refractivity contribution is 5.76. The highest BCUT2D eigenvalue weighted by Crippen LogP contribution is 2.27. The van der Waals surface area contributed by atoms with Crippen LogP contribution in [0.2, 0.25) is 0 Å². The fourth-order valence-corrected chi connectivity index (χ4v) is 2.54. The molecule has 2 rings (SSSR count). The molecule has 1 heterocycles. The zero-order valence-corrected chi connectivity index (χ0v) is 11.2. The molecule has 1 aliphatic heterocycles. The molecule has 0 aromatic heterocycles. The summed E-state index contributed by atoms with van der Waals surface area (Å²) in [7, 11) is 0. The van der Waals surface area contributed by atoms with Crippen molar-refractivity contribution in [2.75, 3.05) is 6.54 Å². The molecule has 98 valence electrons. The first-order valence-corrected chi connectivity index (χ1v) is 6.74. The highest BCUT2D eigenvalue weighted by Gasteiger charge is 2.20. The zero-order chi connectivity index (χ0) is 13.0. The number of carbonyl (C=O) groups is 1. The first-order chi connectivity index (χ1) is 8.66. The Kier molecular flexibility index (Phi) is 4.37. The number of benzene rings is 1. The van der Waals surface area contributed by atoms with Crippen molar-refractivity contribution in [3.63, 3.8) is 0 Å². The van der Waals surface area contributed by atoms with E-state index < -0.39 is 0 Å². The van der Waals surface area contributed by atoms with Gasteiger partial charge in [0.25, 0.3) is 0 Å².